The molecule has 0 unspecified atom stereocenters. The third-order valence-electron chi connectivity index (χ3n) is 5.94. The Morgan fingerprint density at radius 2 is 1.97 bits per heavy atom. The first-order valence-electron chi connectivity index (χ1n) is 11.9. The average Bonchev–Trinajstić information content (AvgIpc) is 3.62. The Labute approximate surface area is 251 Å². The van der Waals surface area contributed by atoms with Crippen molar-refractivity contribution in [2.45, 2.75) is 13.5 Å². The topological polar surface area (TPSA) is 134 Å². The molecule has 0 atom stereocenters. The van der Waals surface area contributed by atoms with Crippen LogP contribution in [0.1, 0.15) is 27.7 Å². The fourth-order valence-corrected chi connectivity index (χ4v) is 4.83. The summed E-state index contributed by atoms with van der Waals surface area (Å²) in [5, 5.41) is 23.1. The molecule has 1 aromatic carbocycles. The largest absolute Gasteiger partial charge is 1.00 e. The number of nitriles is 1. The molecule has 194 valence electrons. The molecule has 4 heterocycles. The van der Waals surface area contributed by atoms with Gasteiger partial charge in [-0.3, -0.25) is 0 Å². The van der Waals surface area contributed by atoms with Gasteiger partial charge in [0, 0.05) is 29.9 Å². The van der Waals surface area contributed by atoms with Crippen molar-refractivity contribution < 1.29 is 58.1 Å². The maximum absolute atomic E-state index is 11.4. The van der Waals surface area contributed by atoms with E-state index < -0.39 is 5.97 Å². The maximum atomic E-state index is 11.4. The van der Waals surface area contributed by atoms with Crippen LogP contribution in [0.15, 0.2) is 52.4 Å². The van der Waals surface area contributed by atoms with Crippen LogP contribution in [-0.4, -0.2) is 48.8 Å². The zero-order valence-electron chi connectivity index (χ0n) is 21.5. The van der Waals surface area contributed by atoms with E-state index in [1.54, 1.807) is 17.5 Å². The number of carboxylic acids is 1. The van der Waals surface area contributed by atoms with E-state index in [0.717, 1.165) is 35.7 Å². The number of hydrogen-bond donors (Lipinski definition) is 0. The average molecular weight is 555 g/mol. The molecule has 0 spiro atoms. The number of ether oxygens (including phenoxy) is 3. The molecule has 1 saturated heterocycles. The van der Waals surface area contributed by atoms with E-state index in [-0.39, 0.29) is 64.3 Å². The van der Waals surface area contributed by atoms with Crippen LogP contribution in [0.5, 0.6) is 11.8 Å². The molecule has 39 heavy (non-hydrogen) atoms. The van der Waals surface area contributed by atoms with Crippen LogP contribution in [0.25, 0.3) is 22.7 Å². The molecular formula is C27H23N4NaO6S. The summed E-state index contributed by atoms with van der Waals surface area (Å²) in [6.07, 6.45) is 1.44. The van der Waals surface area contributed by atoms with Crippen molar-refractivity contribution in [1.82, 2.24) is 9.97 Å². The van der Waals surface area contributed by atoms with Crippen molar-refractivity contribution in [3.8, 4) is 40.6 Å². The van der Waals surface area contributed by atoms with Crippen molar-refractivity contribution in [3.05, 3.63) is 64.0 Å². The predicted octanol–water partition coefficient (Wildman–Crippen LogP) is 0.519. The maximum Gasteiger partial charge on any atom is 1.00 e. The van der Waals surface area contributed by atoms with E-state index in [1.807, 2.05) is 31.2 Å². The van der Waals surface area contributed by atoms with Crippen LogP contribution < -0.4 is 49.0 Å². The van der Waals surface area contributed by atoms with E-state index in [9.17, 15) is 15.2 Å². The van der Waals surface area contributed by atoms with E-state index >= 15 is 0 Å². The van der Waals surface area contributed by atoms with Gasteiger partial charge in [-0.1, -0.05) is 12.1 Å². The monoisotopic (exact) mass is 554 g/mol. The molecule has 3 aromatic heterocycles. The molecule has 1 aliphatic heterocycles. The number of morpholine rings is 1. The number of carbonyl (C=O) groups excluding carboxylic acids is 1. The predicted molar refractivity (Wildman–Crippen MR) is 137 cm³/mol. The Balaban J connectivity index is 0.00000353. The second-order valence-electron chi connectivity index (χ2n) is 8.26. The van der Waals surface area contributed by atoms with Crippen molar-refractivity contribution in [2.75, 3.05) is 37.8 Å². The van der Waals surface area contributed by atoms with Gasteiger partial charge in [0.15, 0.2) is 0 Å². The molecule has 0 amide bonds. The van der Waals surface area contributed by atoms with Gasteiger partial charge < -0.3 is 33.4 Å². The molecule has 0 saturated carbocycles. The SMILES string of the molecule is CCOc1cnc(-c2cc(-c3ccc(N4CCOCC4)cc3)nc(OCc3ccsc3C(=O)[O-])c2C#N)o1.[Na+]. The number of aromatic nitrogens is 2. The van der Waals surface area contributed by atoms with Crippen LogP contribution in [-0.2, 0) is 11.3 Å². The number of anilines is 1. The second kappa shape index (κ2) is 13.1. The van der Waals surface area contributed by atoms with Crippen LogP contribution in [0, 0.1) is 11.3 Å². The normalized spacial score (nSPS) is 12.9. The van der Waals surface area contributed by atoms with Gasteiger partial charge in [-0.25, -0.2) is 9.97 Å². The first-order valence-corrected chi connectivity index (χ1v) is 12.8. The van der Waals surface area contributed by atoms with Gasteiger partial charge in [-0.15, -0.1) is 11.3 Å². The number of benzene rings is 1. The molecule has 1 aliphatic rings. The summed E-state index contributed by atoms with van der Waals surface area (Å²) >= 11 is 1.04. The molecule has 0 bridgehead atoms. The molecule has 0 radical (unpaired) electrons. The number of aromatic carboxylic acids is 1. The Bertz CT molecular complexity index is 1470. The minimum Gasteiger partial charge on any atom is -0.544 e. The minimum atomic E-state index is -1.29. The summed E-state index contributed by atoms with van der Waals surface area (Å²) in [4.78, 5) is 22.6. The Kier molecular flexibility index (Phi) is 9.61. The van der Waals surface area contributed by atoms with Crippen LogP contribution in [0.3, 0.4) is 0 Å². The van der Waals surface area contributed by atoms with Gasteiger partial charge in [-0.2, -0.15) is 5.26 Å². The fourth-order valence-electron chi connectivity index (χ4n) is 4.08. The van der Waals surface area contributed by atoms with Gasteiger partial charge >= 0.3 is 35.5 Å². The smallest absolute Gasteiger partial charge is 0.544 e. The van der Waals surface area contributed by atoms with Gasteiger partial charge in [0.2, 0.25) is 11.8 Å². The van der Waals surface area contributed by atoms with Crippen LogP contribution in [0.4, 0.5) is 5.69 Å². The van der Waals surface area contributed by atoms with Crippen molar-refractivity contribution in [1.29, 1.82) is 5.26 Å². The molecular weight excluding hydrogens is 531 g/mol. The third-order valence-corrected chi connectivity index (χ3v) is 6.87. The van der Waals surface area contributed by atoms with Gasteiger partial charge in [0.1, 0.15) is 24.4 Å². The number of thiophene rings is 1. The number of hydrogen-bond acceptors (Lipinski definition) is 11. The second-order valence-corrected chi connectivity index (χ2v) is 9.18. The van der Waals surface area contributed by atoms with Crippen LogP contribution in [0.2, 0.25) is 0 Å². The summed E-state index contributed by atoms with van der Waals surface area (Å²) < 4.78 is 22.5. The van der Waals surface area contributed by atoms with Crippen molar-refractivity contribution >= 4 is 23.0 Å². The number of carboxylic acid groups (broad SMARTS) is 1. The van der Waals surface area contributed by atoms with Crippen LogP contribution >= 0.6 is 11.3 Å². The quantitative estimate of drug-likeness (QED) is 0.270. The number of oxazole rings is 1. The van der Waals surface area contributed by atoms with E-state index in [1.165, 1.54) is 6.20 Å². The van der Waals surface area contributed by atoms with E-state index in [4.69, 9.17) is 18.6 Å². The molecule has 1 fully saturated rings. The molecule has 12 heteroatoms. The van der Waals surface area contributed by atoms with E-state index in [2.05, 4.69) is 20.9 Å². The third kappa shape index (κ3) is 6.43. The first-order chi connectivity index (χ1) is 18.6. The number of carbonyl (C=O) groups is 1. The van der Waals surface area contributed by atoms with Gasteiger partial charge in [0.25, 0.3) is 0 Å². The summed E-state index contributed by atoms with van der Waals surface area (Å²) in [5.41, 5.74) is 3.31. The Hall–Kier alpha value is -3.40. The number of rotatable bonds is 9. The zero-order valence-corrected chi connectivity index (χ0v) is 24.3. The minimum absolute atomic E-state index is 0. The summed E-state index contributed by atoms with van der Waals surface area (Å²) in [6, 6.07) is 13.4. The van der Waals surface area contributed by atoms with E-state index in [0.29, 0.717) is 36.6 Å². The Morgan fingerprint density at radius 1 is 1.21 bits per heavy atom. The standard InChI is InChI=1S/C27H24N4O6S.Na/c1-2-35-23-15-29-25(37-23)20-13-22(17-3-5-19(6-4-17)31-8-10-34-11-9-31)30-26(21(20)14-28)36-16-18-7-12-38-24(18)27(32)33;/h3-7,12-13,15H,2,8-11,16H2,1H3,(H,32,33);/q;+1/p-1. The van der Waals surface area contributed by atoms with Gasteiger partial charge in [-0.05, 0) is 36.6 Å². The molecule has 0 aliphatic carbocycles. The Morgan fingerprint density at radius 3 is 2.67 bits per heavy atom. The number of nitrogens with zero attached hydrogens (tertiary/aromatic N) is 4. The molecule has 10 nitrogen and oxygen atoms in total. The van der Waals surface area contributed by atoms with Crippen molar-refractivity contribution in [2.24, 2.45) is 0 Å². The molecule has 5 rings (SSSR count). The summed E-state index contributed by atoms with van der Waals surface area (Å²) in [7, 11) is 0. The molecule has 4 aromatic rings. The molecule has 0 N–H and O–H groups in total. The fraction of sp³-hybridized carbons (Fsp3) is 0.259. The zero-order chi connectivity index (χ0) is 26.5. The summed E-state index contributed by atoms with van der Waals surface area (Å²) in [6.45, 7) is 5.12. The first kappa shape index (κ1) is 28.6. The van der Waals surface area contributed by atoms with Crippen molar-refractivity contribution in [3.63, 3.8) is 0 Å². The number of pyridine rings is 1. The summed E-state index contributed by atoms with van der Waals surface area (Å²) in [5.74, 6) is -0.859. The van der Waals surface area contributed by atoms with Gasteiger partial charge in [0.05, 0.1) is 41.9 Å².